The fourth-order valence-corrected chi connectivity index (χ4v) is 2.43. The third kappa shape index (κ3) is 3.36. The number of rotatable bonds is 4. The van der Waals surface area contributed by atoms with Crippen molar-refractivity contribution in [2.75, 3.05) is 5.73 Å². The minimum atomic E-state index is -3.67. The van der Waals surface area contributed by atoms with E-state index in [-0.39, 0.29) is 4.90 Å². The van der Waals surface area contributed by atoms with Crippen molar-refractivity contribution >= 4 is 21.4 Å². The minimum Gasteiger partial charge on any atom is -0.399 e. The van der Waals surface area contributed by atoms with Crippen LogP contribution in [0.15, 0.2) is 64.6 Å². The van der Waals surface area contributed by atoms with E-state index in [1.807, 2.05) is 30.3 Å². The van der Waals surface area contributed by atoms with Gasteiger partial charge in [-0.3, -0.25) is 0 Å². The normalized spacial score (nSPS) is 12.2. The van der Waals surface area contributed by atoms with Gasteiger partial charge in [-0.1, -0.05) is 30.3 Å². The average molecular weight is 289 g/mol. The number of nitrogens with two attached hydrogens (primary N) is 1. The van der Waals surface area contributed by atoms with Gasteiger partial charge in [0.1, 0.15) is 0 Å². The quantitative estimate of drug-likeness (QED) is 0.512. The molecule has 0 saturated carbocycles. The van der Waals surface area contributed by atoms with Gasteiger partial charge in [0, 0.05) is 5.69 Å². The van der Waals surface area contributed by atoms with Gasteiger partial charge in [0.25, 0.3) is 10.0 Å². The highest BCUT2D eigenvalue weighted by Gasteiger charge is 2.12. The molecule has 2 rings (SSSR count). The minimum absolute atomic E-state index is 0.122. The van der Waals surface area contributed by atoms with Crippen LogP contribution in [0.4, 0.5) is 5.69 Å². The summed E-state index contributed by atoms with van der Waals surface area (Å²) in [6, 6.07) is 15.3. The molecule has 0 amide bonds. The maximum absolute atomic E-state index is 12.0. The second kappa shape index (κ2) is 5.75. The lowest BCUT2D eigenvalue weighted by molar-refractivity contribution is 0.584. The van der Waals surface area contributed by atoms with E-state index in [4.69, 9.17) is 5.73 Å². The Hall–Kier alpha value is -2.34. The van der Waals surface area contributed by atoms with Gasteiger partial charge in [-0.25, -0.2) is 0 Å². The Balaban J connectivity index is 2.19. The standard InChI is InChI=1S/C14H15N3O2S/c1-11(12-5-3-2-4-6-12)16-17-20(18,19)14-9-7-13(15)8-10-14/h2-10,17H,15H2,1H3/b16-11+. The molecule has 0 saturated heterocycles. The Morgan fingerprint density at radius 2 is 1.65 bits per heavy atom. The van der Waals surface area contributed by atoms with E-state index in [1.165, 1.54) is 24.3 Å². The van der Waals surface area contributed by atoms with Gasteiger partial charge in [0.2, 0.25) is 0 Å². The highest BCUT2D eigenvalue weighted by atomic mass is 32.2. The lowest BCUT2D eigenvalue weighted by Gasteiger charge is -2.05. The van der Waals surface area contributed by atoms with Crippen molar-refractivity contribution in [3.63, 3.8) is 0 Å². The van der Waals surface area contributed by atoms with Gasteiger partial charge in [-0.15, -0.1) is 0 Å². The highest BCUT2D eigenvalue weighted by Crippen LogP contribution is 2.11. The summed E-state index contributed by atoms with van der Waals surface area (Å²) in [5.41, 5.74) is 7.47. The van der Waals surface area contributed by atoms with Gasteiger partial charge in [-0.2, -0.15) is 18.4 Å². The predicted octanol–water partition coefficient (Wildman–Crippen LogP) is 1.97. The number of sulfonamides is 1. The van der Waals surface area contributed by atoms with Crippen molar-refractivity contribution < 1.29 is 8.42 Å². The molecule has 0 bridgehead atoms. The molecule has 20 heavy (non-hydrogen) atoms. The maximum Gasteiger partial charge on any atom is 0.276 e. The maximum atomic E-state index is 12.0. The van der Waals surface area contributed by atoms with E-state index in [0.29, 0.717) is 11.4 Å². The van der Waals surface area contributed by atoms with Gasteiger partial charge in [0.05, 0.1) is 10.6 Å². The molecular weight excluding hydrogens is 274 g/mol. The van der Waals surface area contributed by atoms with Crippen LogP contribution in [0.25, 0.3) is 0 Å². The summed E-state index contributed by atoms with van der Waals surface area (Å²) in [7, 11) is -3.67. The Kier molecular flexibility index (Phi) is 4.05. The zero-order chi connectivity index (χ0) is 14.6. The van der Waals surface area contributed by atoms with E-state index in [0.717, 1.165) is 5.56 Å². The first-order chi connectivity index (χ1) is 9.49. The molecule has 0 heterocycles. The molecule has 0 spiro atoms. The van der Waals surface area contributed by atoms with Gasteiger partial charge < -0.3 is 5.73 Å². The summed E-state index contributed by atoms with van der Waals surface area (Å²) in [6.45, 7) is 1.74. The molecular formula is C14H15N3O2S. The zero-order valence-corrected chi connectivity index (χ0v) is 11.8. The number of nitrogens with zero attached hydrogens (tertiary/aromatic N) is 1. The Morgan fingerprint density at radius 3 is 2.25 bits per heavy atom. The molecule has 6 heteroatoms. The van der Waals surface area contributed by atoms with Crippen molar-refractivity contribution in [3.8, 4) is 0 Å². The number of hydrogen-bond acceptors (Lipinski definition) is 4. The first-order valence-electron chi connectivity index (χ1n) is 5.96. The zero-order valence-electron chi connectivity index (χ0n) is 10.9. The number of anilines is 1. The van der Waals surface area contributed by atoms with Crippen LogP contribution in [0.2, 0.25) is 0 Å². The van der Waals surface area contributed by atoms with E-state index in [2.05, 4.69) is 9.93 Å². The van der Waals surface area contributed by atoms with E-state index < -0.39 is 10.0 Å². The number of nitrogen functional groups attached to an aromatic ring is 1. The molecule has 0 unspecified atom stereocenters. The lowest BCUT2D eigenvalue weighted by atomic mass is 10.1. The molecule has 0 atom stereocenters. The summed E-state index contributed by atoms with van der Waals surface area (Å²) in [6.07, 6.45) is 0. The molecule has 2 aromatic carbocycles. The van der Waals surface area contributed by atoms with Crippen molar-refractivity contribution in [2.45, 2.75) is 11.8 Å². The Morgan fingerprint density at radius 1 is 1.05 bits per heavy atom. The van der Waals surface area contributed by atoms with Crippen LogP contribution in [-0.4, -0.2) is 14.1 Å². The van der Waals surface area contributed by atoms with Crippen molar-refractivity contribution in [1.29, 1.82) is 0 Å². The smallest absolute Gasteiger partial charge is 0.276 e. The van der Waals surface area contributed by atoms with Crippen LogP contribution in [0, 0.1) is 0 Å². The van der Waals surface area contributed by atoms with Crippen molar-refractivity contribution in [3.05, 3.63) is 60.2 Å². The topological polar surface area (TPSA) is 84.5 Å². The van der Waals surface area contributed by atoms with Gasteiger partial charge >= 0.3 is 0 Å². The van der Waals surface area contributed by atoms with Crippen molar-refractivity contribution in [1.82, 2.24) is 4.83 Å². The SMILES string of the molecule is C/C(=N\NS(=O)(=O)c1ccc(N)cc1)c1ccccc1. The number of hydrazone groups is 1. The average Bonchev–Trinajstić information content (AvgIpc) is 2.46. The summed E-state index contributed by atoms with van der Waals surface area (Å²) >= 11 is 0. The van der Waals surface area contributed by atoms with Crippen LogP contribution in [0.5, 0.6) is 0 Å². The molecule has 0 aliphatic carbocycles. The first kappa shape index (κ1) is 14.1. The largest absolute Gasteiger partial charge is 0.399 e. The lowest BCUT2D eigenvalue weighted by Crippen LogP contribution is -2.19. The summed E-state index contributed by atoms with van der Waals surface area (Å²) in [4.78, 5) is 2.33. The number of benzene rings is 2. The van der Waals surface area contributed by atoms with Crippen LogP contribution < -0.4 is 10.6 Å². The fourth-order valence-electron chi connectivity index (χ4n) is 1.57. The van der Waals surface area contributed by atoms with Crippen LogP contribution in [0.3, 0.4) is 0 Å². The molecule has 5 nitrogen and oxygen atoms in total. The third-order valence-electron chi connectivity index (χ3n) is 2.72. The monoisotopic (exact) mass is 289 g/mol. The van der Waals surface area contributed by atoms with Crippen LogP contribution in [0.1, 0.15) is 12.5 Å². The molecule has 0 aliphatic rings. The van der Waals surface area contributed by atoms with E-state index in [9.17, 15) is 8.42 Å². The van der Waals surface area contributed by atoms with E-state index in [1.54, 1.807) is 6.92 Å². The second-order valence-electron chi connectivity index (χ2n) is 4.23. The molecule has 0 aliphatic heterocycles. The summed E-state index contributed by atoms with van der Waals surface area (Å²) in [5, 5.41) is 3.91. The van der Waals surface area contributed by atoms with Gasteiger partial charge in [0.15, 0.2) is 0 Å². The van der Waals surface area contributed by atoms with Crippen LogP contribution in [-0.2, 0) is 10.0 Å². The fraction of sp³-hybridized carbons (Fsp3) is 0.0714. The Labute approximate surface area is 118 Å². The summed E-state index contributed by atoms with van der Waals surface area (Å²) < 4.78 is 24.0. The number of nitrogens with one attached hydrogen (secondary N) is 1. The van der Waals surface area contributed by atoms with E-state index >= 15 is 0 Å². The van der Waals surface area contributed by atoms with Crippen molar-refractivity contribution in [2.24, 2.45) is 5.10 Å². The van der Waals surface area contributed by atoms with Gasteiger partial charge in [-0.05, 0) is 36.8 Å². The number of hydrogen-bond donors (Lipinski definition) is 2. The second-order valence-corrected chi connectivity index (χ2v) is 5.89. The molecule has 0 fully saturated rings. The Bertz CT molecular complexity index is 708. The highest BCUT2D eigenvalue weighted by molar-refractivity contribution is 7.89. The molecule has 3 N–H and O–H groups in total. The molecule has 2 aromatic rings. The van der Waals surface area contributed by atoms with Crippen LogP contribution >= 0.6 is 0 Å². The molecule has 0 radical (unpaired) electrons. The first-order valence-corrected chi connectivity index (χ1v) is 7.44. The third-order valence-corrected chi connectivity index (χ3v) is 3.94. The predicted molar refractivity (Wildman–Crippen MR) is 79.8 cm³/mol. The molecule has 0 aromatic heterocycles. The summed E-state index contributed by atoms with van der Waals surface area (Å²) in [5.74, 6) is 0. The molecule has 104 valence electrons.